The number of aliphatic carboxylic acids is 2. The van der Waals surface area contributed by atoms with Gasteiger partial charge in [0.2, 0.25) is 0 Å². The maximum Gasteiger partial charge on any atom is 0.304 e. The maximum absolute atomic E-state index is 10.6. The predicted molar refractivity (Wildman–Crippen MR) is 97.9 cm³/mol. The first-order chi connectivity index (χ1) is 12.0. The lowest BCUT2D eigenvalue weighted by Gasteiger charge is -2.22. The number of thioether (sulfide) groups is 2. The highest BCUT2D eigenvalue weighted by Crippen LogP contribution is 2.24. The van der Waals surface area contributed by atoms with Crippen molar-refractivity contribution in [2.45, 2.75) is 12.8 Å². The van der Waals surface area contributed by atoms with E-state index >= 15 is 0 Å². The highest BCUT2D eigenvalue weighted by atomic mass is 32.2. The summed E-state index contributed by atoms with van der Waals surface area (Å²) in [5.74, 6) is 1.06. The Labute approximate surface area is 152 Å². The fraction of sp³-hybridized carbons (Fsp3) is 0.500. The first kappa shape index (κ1) is 19.3. The molecule has 0 fully saturated rings. The van der Waals surface area contributed by atoms with Gasteiger partial charge in [-0.3, -0.25) is 9.59 Å². The van der Waals surface area contributed by atoms with Crippen molar-refractivity contribution in [3.05, 3.63) is 12.7 Å². The van der Waals surface area contributed by atoms with Gasteiger partial charge in [-0.25, -0.2) is 15.0 Å². The van der Waals surface area contributed by atoms with Crippen molar-refractivity contribution in [3.63, 3.8) is 0 Å². The van der Waals surface area contributed by atoms with E-state index < -0.39 is 11.9 Å². The number of aromatic nitrogens is 4. The van der Waals surface area contributed by atoms with E-state index in [2.05, 4.69) is 15.0 Å². The minimum absolute atomic E-state index is 0.0907. The van der Waals surface area contributed by atoms with E-state index in [4.69, 9.17) is 10.2 Å². The van der Waals surface area contributed by atoms with Crippen molar-refractivity contribution in [1.29, 1.82) is 0 Å². The maximum atomic E-state index is 10.6. The molecule has 0 amide bonds. The summed E-state index contributed by atoms with van der Waals surface area (Å²) in [5, 5.41) is 17.5. The minimum Gasteiger partial charge on any atom is -0.481 e. The summed E-state index contributed by atoms with van der Waals surface area (Å²) in [7, 11) is 1.85. The number of rotatable bonds is 11. The molecule has 136 valence electrons. The number of anilines is 1. The first-order valence-electron chi connectivity index (χ1n) is 7.45. The SMILES string of the molecule is Cn1cnc2c(N(CSCCC(=O)O)CSCCC(=O)O)ncnc21. The third kappa shape index (κ3) is 5.78. The lowest BCUT2D eigenvalue weighted by atomic mass is 10.4. The van der Waals surface area contributed by atoms with Gasteiger partial charge in [-0.15, -0.1) is 23.5 Å². The van der Waals surface area contributed by atoms with Crippen LogP contribution in [0, 0.1) is 0 Å². The number of hydrogen-bond donors (Lipinski definition) is 2. The molecule has 0 radical (unpaired) electrons. The third-order valence-electron chi connectivity index (χ3n) is 3.19. The fourth-order valence-corrected chi connectivity index (χ4v) is 3.87. The Bertz CT molecular complexity index is 717. The molecule has 0 bridgehead atoms. The van der Waals surface area contributed by atoms with Crippen LogP contribution in [0.4, 0.5) is 5.82 Å². The molecule has 2 aromatic heterocycles. The number of hydrogen-bond acceptors (Lipinski definition) is 8. The van der Waals surface area contributed by atoms with E-state index in [0.717, 1.165) is 0 Å². The Morgan fingerprint density at radius 3 is 2.24 bits per heavy atom. The van der Waals surface area contributed by atoms with Crippen molar-refractivity contribution >= 4 is 52.4 Å². The Balaban J connectivity index is 2.08. The second kappa shape index (κ2) is 9.47. The average Bonchev–Trinajstić information content (AvgIpc) is 2.94. The van der Waals surface area contributed by atoms with Crippen molar-refractivity contribution in [2.75, 3.05) is 28.2 Å². The zero-order chi connectivity index (χ0) is 18.2. The molecule has 2 N–H and O–H groups in total. The van der Waals surface area contributed by atoms with Gasteiger partial charge in [0.05, 0.1) is 30.9 Å². The van der Waals surface area contributed by atoms with Gasteiger partial charge < -0.3 is 19.7 Å². The van der Waals surface area contributed by atoms with Crippen molar-refractivity contribution in [1.82, 2.24) is 19.5 Å². The van der Waals surface area contributed by atoms with Gasteiger partial charge >= 0.3 is 11.9 Å². The molecule has 0 spiro atoms. The van der Waals surface area contributed by atoms with Crippen LogP contribution in [0.2, 0.25) is 0 Å². The molecule has 0 aromatic carbocycles. The lowest BCUT2D eigenvalue weighted by molar-refractivity contribution is -0.137. The van der Waals surface area contributed by atoms with Crippen LogP contribution in [0.15, 0.2) is 12.7 Å². The van der Waals surface area contributed by atoms with E-state index in [9.17, 15) is 9.59 Å². The average molecular weight is 385 g/mol. The summed E-state index contributed by atoms with van der Waals surface area (Å²) in [6.45, 7) is 0. The Morgan fingerprint density at radius 2 is 1.68 bits per heavy atom. The monoisotopic (exact) mass is 385 g/mol. The van der Waals surface area contributed by atoms with Gasteiger partial charge in [-0.2, -0.15) is 0 Å². The van der Waals surface area contributed by atoms with Gasteiger partial charge in [-0.05, 0) is 0 Å². The van der Waals surface area contributed by atoms with Gasteiger partial charge in [0.15, 0.2) is 17.0 Å². The van der Waals surface area contributed by atoms with Crippen LogP contribution in [-0.2, 0) is 16.6 Å². The molecule has 11 heteroatoms. The molecular weight excluding hydrogens is 366 g/mol. The van der Waals surface area contributed by atoms with Crippen molar-refractivity contribution in [2.24, 2.45) is 7.05 Å². The summed E-state index contributed by atoms with van der Waals surface area (Å²) >= 11 is 2.97. The summed E-state index contributed by atoms with van der Waals surface area (Å²) in [5.41, 5.74) is 1.38. The molecule has 0 atom stereocenters. The normalized spacial score (nSPS) is 10.9. The second-order valence-electron chi connectivity index (χ2n) is 5.13. The molecule has 2 aromatic rings. The number of aryl methyl sites for hydroxylation is 1. The smallest absolute Gasteiger partial charge is 0.304 e. The molecule has 2 rings (SSSR count). The predicted octanol–water partition coefficient (Wildman–Crippen LogP) is 1.50. The van der Waals surface area contributed by atoms with Crippen LogP contribution in [0.5, 0.6) is 0 Å². The lowest BCUT2D eigenvalue weighted by Crippen LogP contribution is -2.24. The highest BCUT2D eigenvalue weighted by molar-refractivity contribution is 8.00. The molecule has 0 aliphatic heterocycles. The molecule has 0 unspecified atom stereocenters. The van der Waals surface area contributed by atoms with Crippen LogP contribution in [0.25, 0.3) is 11.2 Å². The van der Waals surface area contributed by atoms with Crippen LogP contribution >= 0.6 is 23.5 Å². The van der Waals surface area contributed by atoms with Crippen LogP contribution in [0.1, 0.15) is 12.8 Å². The number of carbonyl (C=O) groups is 2. The number of fused-ring (bicyclic) bond motifs is 1. The van der Waals surface area contributed by atoms with Gasteiger partial charge in [0, 0.05) is 18.6 Å². The Hall–Kier alpha value is -2.01. The fourth-order valence-electron chi connectivity index (χ4n) is 1.99. The van der Waals surface area contributed by atoms with Gasteiger partial charge in [0.25, 0.3) is 0 Å². The van der Waals surface area contributed by atoms with Crippen LogP contribution < -0.4 is 4.90 Å². The zero-order valence-corrected chi connectivity index (χ0v) is 15.3. The van der Waals surface area contributed by atoms with Crippen molar-refractivity contribution < 1.29 is 19.8 Å². The summed E-state index contributed by atoms with van der Waals surface area (Å²) in [6, 6.07) is 0. The number of nitrogens with zero attached hydrogens (tertiary/aromatic N) is 5. The quantitative estimate of drug-likeness (QED) is 0.434. The highest BCUT2D eigenvalue weighted by Gasteiger charge is 2.16. The number of carboxylic acid groups (broad SMARTS) is 2. The molecule has 9 nitrogen and oxygen atoms in total. The summed E-state index contributed by atoms with van der Waals surface area (Å²) in [6.07, 6.45) is 3.31. The summed E-state index contributed by atoms with van der Waals surface area (Å²) < 4.78 is 1.80. The minimum atomic E-state index is -0.830. The molecule has 0 saturated heterocycles. The topological polar surface area (TPSA) is 121 Å². The van der Waals surface area contributed by atoms with E-state index in [0.29, 0.717) is 40.2 Å². The standard InChI is InChI=1S/C14H19N5O4S2/c1-18-7-17-12-13(18)15-6-16-14(12)19(8-24-4-2-10(20)21)9-25-5-3-11(22)23/h6-7H,2-5,8-9H2,1H3,(H,20,21)(H,22,23). The Morgan fingerprint density at radius 1 is 1.08 bits per heavy atom. The Kier molecular flexibility index (Phi) is 7.31. The molecule has 2 heterocycles. The van der Waals surface area contributed by atoms with Crippen molar-refractivity contribution in [3.8, 4) is 0 Å². The second-order valence-corrected chi connectivity index (χ2v) is 7.28. The molecular formula is C14H19N5O4S2. The first-order valence-corrected chi connectivity index (χ1v) is 9.76. The van der Waals surface area contributed by atoms with Crippen LogP contribution in [0.3, 0.4) is 0 Å². The van der Waals surface area contributed by atoms with E-state index in [1.165, 1.54) is 29.9 Å². The zero-order valence-electron chi connectivity index (χ0n) is 13.7. The van der Waals surface area contributed by atoms with E-state index in [1.54, 1.807) is 10.9 Å². The van der Waals surface area contributed by atoms with E-state index in [-0.39, 0.29) is 12.8 Å². The molecule has 0 aliphatic rings. The number of imidazole rings is 1. The molecule has 0 aliphatic carbocycles. The summed E-state index contributed by atoms with van der Waals surface area (Å²) in [4.78, 5) is 36.1. The van der Waals surface area contributed by atoms with E-state index in [1.807, 2.05) is 11.9 Å². The largest absolute Gasteiger partial charge is 0.481 e. The number of carboxylic acids is 2. The molecule has 0 saturated carbocycles. The third-order valence-corrected chi connectivity index (χ3v) is 5.17. The van der Waals surface area contributed by atoms with Crippen LogP contribution in [-0.4, -0.2) is 64.9 Å². The molecule has 25 heavy (non-hydrogen) atoms. The van der Waals surface area contributed by atoms with Gasteiger partial charge in [-0.1, -0.05) is 0 Å². The van der Waals surface area contributed by atoms with Gasteiger partial charge in [0.1, 0.15) is 6.33 Å².